The Kier molecular flexibility index (Phi) is 6.00. The number of aliphatic carboxylic acids is 1. The fraction of sp³-hybridized carbons (Fsp3) is 0.136. The highest BCUT2D eigenvalue weighted by Gasteiger charge is 2.25. The molecule has 31 heavy (non-hydrogen) atoms. The fourth-order valence-electron chi connectivity index (χ4n) is 3.36. The van der Waals surface area contributed by atoms with E-state index in [4.69, 9.17) is 23.2 Å². The van der Waals surface area contributed by atoms with Crippen LogP contribution in [0.4, 0.5) is 0 Å². The first-order valence-electron chi connectivity index (χ1n) is 9.35. The topological polar surface area (TPSA) is 95.1 Å². The number of nitrogens with zero attached hydrogens (tertiary/aromatic N) is 1. The third-order valence-electron chi connectivity index (χ3n) is 4.88. The minimum atomic E-state index is -1.12. The summed E-state index contributed by atoms with van der Waals surface area (Å²) in [5, 5.41) is 14.6. The number of hydrogen-bond donors (Lipinski definition) is 3. The first-order valence-corrected chi connectivity index (χ1v) is 10.9. The summed E-state index contributed by atoms with van der Waals surface area (Å²) in [6, 6.07) is 11.6. The van der Waals surface area contributed by atoms with Gasteiger partial charge in [-0.2, -0.15) is 0 Å². The first kappa shape index (κ1) is 21.4. The molecule has 0 spiro atoms. The van der Waals surface area contributed by atoms with Crippen molar-refractivity contribution >= 4 is 57.3 Å². The summed E-state index contributed by atoms with van der Waals surface area (Å²) in [5.41, 5.74) is 2.75. The van der Waals surface area contributed by atoms with Crippen LogP contribution in [-0.2, 0) is 11.2 Å². The van der Waals surface area contributed by atoms with E-state index in [2.05, 4.69) is 15.3 Å². The van der Waals surface area contributed by atoms with Crippen molar-refractivity contribution in [3.63, 3.8) is 0 Å². The van der Waals surface area contributed by atoms with Gasteiger partial charge in [0.05, 0.1) is 15.7 Å². The van der Waals surface area contributed by atoms with Gasteiger partial charge in [-0.1, -0.05) is 47.5 Å². The Morgan fingerprint density at radius 1 is 1.16 bits per heavy atom. The number of thiazole rings is 1. The quantitative estimate of drug-likeness (QED) is 0.352. The number of aryl methyl sites for hydroxylation is 1. The molecule has 0 aliphatic heterocycles. The summed E-state index contributed by atoms with van der Waals surface area (Å²) in [7, 11) is 0. The molecular formula is C22H17Cl2N3O3S. The number of hydrogen-bond acceptors (Lipinski definition) is 4. The van der Waals surface area contributed by atoms with Crippen molar-refractivity contribution in [1.82, 2.24) is 15.3 Å². The molecule has 2 aromatic heterocycles. The molecule has 0 bridgehead atoms. The van der Waals surface area contributed by atoms with Crippen molar-refractivity contribution in [2.45, 2.75) is 19.4 Å². The minimum absolute atomic E-state index is 0.145. The Bertz CT molecular complexity index is 1280. The van der Waals surface area contributed by atoms with E-state index in [0.29, 0.717) is 31.2 Å². The molecule has 6 nitrogen and oxygen atoms in total. The molecule has 0 radical (unpaired) electrons. The van der Waals surface area contributed by atoms with Crippen molar-refractivity contribution in [2.24, 2.45) is 0 Å². The van der Waals surface area contributed by atoms with Gasteiger partial charge in [0.1, 0.15) is 15.9 Å². The number of halogens is 2. The highest BCUT2D eigenvalue weighted by atomic mass is 35.5. The van der Waals surface area contributed by atoms with E-state index in [-0.39, 0.29) is 6.42 Å². The minimum Gasteiger partial charge on any atom is -0.480 e. The zero-order valence-electron chi connectivity index (χ0n) is 16.3. The van der Waals surface area contributed by atoms with Crippen LogP contribution >= 0.6 is 34.5 Å². The van der Waals surface area contributed by atoms with Crippen LogP contribution in [0.2, 0.25) is 10.0 Å². The second-order valence-corrected chi connectivity index (χ2v) is 8.77. The fourth-order valence-corrected chi connectivity index (χ4v) is 5.09. The number of carboxylic acids is 1. The summed E-state index contributed by atoms with van der Waals surface area (Å²) in [4.78, 5) is 32.6. The zero-order chi connectivity index (χ0) is 22.1. The molecule has 0 aliphatic carbocycles. The lowest BCUT2D eigenvalue weighted by molar-refractivity contribution is -0.139. The van der Waals surface area contributed by atoms with E-state index in [9.17, 15) is 14.7 Å². The van der Waals surface area contributed by atoms with Crippen LogP contribution in [0.15, 0.2) is 48.7 Å². The van der Waals surface area contributed by atoms with Crippen molar-refractivity contribution < 1.29 is 14.7 Å². The second kappa shape index (κ2) is 8.70. The number of benzene rings is 2. The lowest BCUT2D eigenvalue weighted by Crippen LogP contribution is -2.42. The van der Waals surface area contributed by atoms with Gasteiger partial charge in [-0.05, 0) is 30.7 Å². The van der Waals surface area contributed by atoms with Crippen molar-refractivity contribution in [3.05, 3.63) is 74.8 Å². The number of rotatable bonds is 6. The highest BCUT2D eigenvalue weighted by Crippen LogP contribution is 2.37. The molecule has 0 fully saturated rings. The molecule has 3 N–H and O–H groups in total. The summed E-state index contributed by atoms with van der Waals surface area (Å²) in [5.74, 6) is -1.62. The Morgan fingerprint density at radius 3 is 2.58 bits per heavy atom. The molecule has 0 aliphatic rings. The number of carbonyl (C=O) groups is 2. The summed E-state index contributed by atoms with van der Waals surface area (Å²) in [6.45, 7) is 1.69. The number of aromatic nitrogens is 2. The number of para-hydroxylation sites is 1. The maximum absolute atomic E-state index is 12.9. The van der Waals surface area contributed by atoms with Crippen LogP contribution in [0, 0.1) is 6.92 Å². The average Bonchev–Trinajstić information content (AvgIpc) is 3.31. The third kappa shape index (κ3) is 4.30. The first-order chi connectivity index (χ1) is 14.8. The van der Waals surface area contributed by atoms with Crippen molar-refractivity contribution in [3.8, 4) is 10.6 Å². The van der Waals surface area contributed by atoms with E-state index < -0.39 is 17.9 Å². The SMILES string of the molecule is Cc1nc(-c2c(Cl)cccc2Cl)sc1C(=O)NC(Cc1c[nH]c2ccccc12)C(=O)O. The Hall–Kier alpha value is -2.87. The smallest absolute Gasteiger partial charge is 0.326 e. The second-order valence-electron chi connectivity index (χ2n) is 6.96. The molecule has 2 aromatic carbocycles. The van der Waals surface area contributed by atoms with Gasteiger partial charge < -0.3 is 15.4 Å². The van der Waals surface area contributed by atoms with Gasteiger partial charge in [-0.25, -0.2) is 9.78 Å². The van der Waals surface area contributed by atoms with Gasteiger partial charge in [0, 0.05) is 29.1 Å². The molecule has 1 unspecified atom stereocenters. The molecule has 4 aromatic rings. The molecule has 4 rings (SSSR count). The Labute approximate surface area is 191 Å². The van der Waals surface area contributed by atoms with Crippen LogP contribution in [0.5, 0.6) is 0 Å². The number of amides is 1. The van der Waals surface area contributed by atoms with Crippen LogP contribution in [0.25, 0.3) is 21.5 Å². The van der Waals surface area contributed by atoms with Gasteiger partial charge in [0.15, 0.2) is 0 Å². The predicted octanol–water partition coefficient (Wildman–Crippen LogP) is 5.33. The van der Waals surface area contributed by atoms with E-state index in [1.165, 1.54) is 0 Å². The van der Waals surface area contributed by atoms with E-state index in [1.54, 1.807) is 31.3 Å². The van der Waals surface area contributed by atoms with E-state index >= 15 is 0 Å². The molecule has 2 heterocycles. The van der Waals surface area contributed by atoms with Gasteiger partial charge in [0.2, 0.25) is 0 Å². The molecule has 1 amide bonds. The number of fused-ring (bicyclic) bond motifs is 1. The zero-order valence-corrected chi connectivity index (χ0v) is 18.6. The standard InChI is InChI=1S/C22H17Cl2N3O3S/c1-11-19(31-21(26-11)18-14(23)6-4-7-15(18)24)20(28)27-17(22(29)30)9-12-10-25-16-8-3-2-5-13(12)16/h2-8,10,17,25H,9H2,1H3,(H,27,28)(H,29,30). The predicted molar refractivity (Wildman–Crippen MR) is 123 cm³/mol. The number of carboxylic acid groups (broad SMARTS) is 1. The monoisotopic (exact) mass is 473 g/mol. The van der Waals surface area contributed by atoms with Crippen molar-refractivity contribution in [2.75, 3.05) is 0 Å². The molecule has 1 atom stereocenters. The Morgan fingerprint density at radius 2 is 1.87 bits per heavy atom. The highest BCUT2D eigenvalue weighted by molar-refractivity contribution is 7.17. The average molecular weight is 474 g/mol. The molecule has 9 heteroatoms. The molecule has 0 saturated heterocycles. The van der Waals surface area contributed by atoms with Gasteiger partial charge in [-0.3, -0.25) is 4.79 Å². The number of H-pyrrole nitrogens is 1. The number of nitrogens with one attached hydrogen (secondary N) is 2. The molecular weight excluding hydrogens is 457 g/mol. The van der Waals surface area contributed by atoms with E-state index in [0.717, 1.165) is 27.8 Å². The third-order valence-corrected chi connectivity index (χ3v) is 6.69. The number of carbonyl (C=O) groups excluding carboxylic acids is 1. The lowest BCUT2D eigenvalue weighted by Gasteiger charge is -2.14. The van der Waals surface area contributed by atoms with Crippen LogP contribution in [-0.4, -0.2) is 33.0 Å². The largest absolute Gasteiger partial charge is 0.480 e. The lowest BCUT2D eigenvalue weighted by atomic mass is 10.0. The number of aromatic amines is 1. The Balaban J connectivity index is 1.59. The van der Waals surface area contributed by atoms with Crippen LogP contribution in [0.3, 0.4) is 0 Å². The summed E-state index contributed by atoms with van der Waals surface area (Å²) in [6.07, 6.45) is 1.91. The van der Waals surface area contributed by atoms with Gasteiger partial charge in [-0.15, -0.1) is 11.3 Å². The molecule has 158 valence electrons. The summed E-state index contributed by atoms with van der Waals surface area (Å²) < 4.78 is 0. The maximum atomic E-state index is 12.9. The maximum Gasteiger partial charge on any atom is 0.326 e. The summed E-state index contributed by atoms with van der Waals surface area (Å²) >= 11 is 13.6. The van der Waals surface area contributed by atoms with Crippen LogP contribution < -0.4 is 5.32 Å². The van der Waals surface area contributed by atoms with Gasteiger partial charge >= 0.3 is 5.97 Å². The van der Waals surface area contributed by atoms with Crippen LogP contribution in [0.1, 0.15) is 20.9 Å². The molecule has 0 saturated carbocycles. The van der Waals surface area contributed by atoms with E-state index in [1.807, 2.05) is 24.3 Å². The normalized spacial score (nSPS) is 12.1. The van der Waals surface area contributed by atoms with Gasteiger partial charge in [0.25, 0.3) is 5.91 Å². The van der Waals surface area contributed by atoms with Crippen molar-refractivity contribution in [1.29, 1.82) is 0 Å².